The van der Waals surface area contributed by atoms with Crippen molar-refractivity contribution in [3.05, 3.63) is 167 Å². The lowest BCUT2D eigenvalue weighted by Crippen LogP contribution is -2.26. The number of hydrogen-bond donors (Lipinski definition) is 0. The van der Waals surface area contributed by atoms with Gasteiger partial charge in [0.1, 0.15) is 5.75 Å². The van der Waals surface area contributed by atoms with E-state index in [9.17, 15) is 0 Å². The topological polar surface area (TPSA) is 58.6 Å². The van der Waals surface area contributed by atoms with Gasteiger partial charge in [0.05, 0.1) is 50.3 Å². The molecule has 0 N–H and O–H groups in total. The third-order valence-corrected chi connectivity index (χ3v) is 19.0. The van der Waals surface area contributed by atoms with E-state index in [0.717, 1.165) is 147 Å². The van der Waals surface area contributed by atoms with Crippen LogP contribution in [0.25, 0.3) is 44.2 Å². The van der Waals surface area contributed by atoms with Gasteiger partial charge in [-0.3, -0.25) is 0 Å². The fourth-order valence-corrected chi connectivity index (χ4v) is 14.1. The number of rotatable bonds is 35. The third kappa shape index (κ3) is 14.0. The zero-order valence-corrected chi connectivity index (χ0v) is 54.9. The minimum Gasteiger partial charge on any atom is -0.497 e. The van der Waals surface area contributed by atoms with Crippen LogP contribution in [-0.2, 0) is 5.41 Å². The molecule has 89 heavy (non-hydrogen) atoms. The second-order valence-corrected chi connectivity index (χ2v) is 25.7. The number of anilines is 3. The van der Waals surface area contributed by atoms with Gasteiger partial charge in [0.15, 0.2) is 34.5 Å². The van der Waals surface area contributed by atoms with E-state index in [2.05, 4.69) is 174 Å². The molecule has 0 atom stereocenters. The molecule has 0 amide bonds. The first-order valence-electron chi connectivity index (χ1n) is 34.7. The summed E-state index contributed by atoms with van der Waals surface area (Å²) in [6, 6.07) is 49.9. The number of aryl methyl sites for hydroxylation is 2. The molecular formula is C82H99NO6. The van der Waals surface area contributed by atoms with Gasteiger partial charge in [-0.1, -0.05) is 216 Å². The van der Waals surface area contributed by atoms with E-state index in [1.165, 1.54) is 142 Å². The van der Waals surface area contributed by atoms with Gasteiger partial charge in [-0.2, -0.15) is 0 Å². The van der Waals surface area contributed by atoms with Gasteiger partial charge >= 0.3 is 0 Å². The van der Waals surface area contributed by atoms with Crippen LogP contribution in [0.5, 0.6) is 40.2 Å². The molecule has 3 aliphatic rings. The highest BCUT2D eigenvalue weighted by Gasteiger charge is 2.53. The van der Waals surface area contributed by atoms with Gasteiger partial charge in [0, 0.05) is 5.69 Å². The zero-order valence-electron chi connectivity index (χ0n) is 54.9. The lowest BCUT2D eigenvalue weighted by Gasteiger charge is -2.33. The van der Waals surface area contributed by atoms with Crippen LogP contribution in [0.3, 0.4) is 0 Å². The van der Waals surface area contributed by atoms with Crippen LogP contribution >= 0.6 is 0 Å². The molecule has 0 unspecified atom stereocenters. The molecule has 8 aromatic rings. The molecule has 0 bridgehead atoms. The number of nitrogens with zero attached hydrogens (tertiary/aromatic N) is 1. The molecule has 0 saturated carbocycles. The molecule has 11 rings (SSSR count). The number of fused-ring (bicyclic) bond motifs is 13. The second-order valence-electron chi connectivity index (χ2n) is 25.7. The van der Waals surface area contributed by atoms with E-state index in [0.29, 0.717) is 26.4 Å². The van der Waals surface area contributed by atoms with Crippen molar-refractivity contribution in [3.63, 3.8) is 0 Å². The van der Waals surface area contributed by atoms with E-state index in [-0.39, 0.29) is 0 Å². The maximum atomic E-state index is 7.08. The van der Waals surface area contributed by atoms with Crippen LogP contribution in [0.15, 0.2) is 133 Å². The molecule has 1 aliphatic heterocycles. The maximum Gasteiger partial charge on any atom is 0.161 e. The summed E-state index contributed by atoms with van der Waals surface area (Å²) in [6.45, 7) is 16.1. The van der Waals surface area contributed by atoms with Gasteiger partial charge < -0.3 is 33.3 Å². The second kappa shape index (κ2) is 30.4. The smallest absolute Gasteiger partial charge is 0.161 e. The summed E-state index contributed by atoms with van der Waals surface area (Å²) in [5, 5.41) is 2.27. The van der Waals surface area contributed by atoms with Crippen LogP contribution in [0.1, 0.15) is 215 Å². The van der Waals surface area contributed by atoms with Crippen molar-refractivity contribution in [3.8, 4) is 73.6 Å². The quantitative estimate of drug-likeness (QED) is 0.0367. The van der Waals surface area contributed by atoms with E-state index >= 15 is 0 Å². The normalized spacial score (nSPS) is 13.0. The van der Waals surface area contributed by atoms with Crippen molar-refractivity contribution in [2.24, 2.45) is 0 Å². The third-order valence-electron chi connectivity index (χ3n) is 19.0. The zero-order chi connectivity index (χ0) is 61.5. The van der Waals surface area contributed by atoms with E-state index in [1.807, 2.05) is 6.07 Å². The fourth-order valence-electron chi connectivity index (χ4n) is 14.1. The standard InChI is InChI=1S/C82H99NO6/c1-8-12-16-20-24-28-44-85-78-54-68-69-55-79(86-45-29-25-21-17-13-9-2)81(88-47-31-27-23-19-15-11-4)57-73(69)82(72(68)56-80(78)87-46-30-26-22-18-14-10-3)70-48-58(5)32-40-66(70)67-41-36-62(52-71(67)82)63-37-43-75-77(53-63)89-76-49-59(6)33-42-74(76)83(75)64-38-34-61-51-65(84-7)39-35-60(61)50-64/h32-43,48-57H,8-31,44-47H2,1-7H3. The molecule has 1 heterocycles. The predicted molar refractivity (Wildman–Crippen MR) is 372 cm³/mol. The molecule has 0 aromatic heterocycles. The van der Waals surface area contributed by atoms with E-state index < -0.39 is 5.41 Å². The van der Waals surface area contributed by atoms with Gasteiger partial charge in [-0.15, -0.1) is 0 Å². The lowest BCUT2D eigenvalue weighted by atomic mass is 9.70. The van der Waals surface area contributed by atoms with E-state index in [4.69, 9.17) is 28.4 Å². The Hall–Kier alpha value is -7.38. The van der Waals surface area contributed by atoms with Gasteiger partial charge in [-0.25, -0.2) is 0 Å². The minimum atomic E-state index is -0.735. The van der Waals surface area contributed by atoms with Crippen molar-refractivity contribution in [1.29, 1.82) is 0 Å². The Bertz CT molecular complexity index is 3580. The monoisotopic (exact) mass is 1190 g/mol. The average molecular weight is 1190 g/mol. The summed E-state index contributed by atoms with van der Waals surface area (Å²) in [5.74, 6) is 5.78. The van der Waals surface area contributed by atoms with Crippen LogP contribution in [0.2, 0.25) is 0 Å². The number of ether oxygens (including phenoxy) is 6. The number of hydrogen-bond acceptors (Lipinski definition) is 7. The highest BCUT2D eigenvalue weighted by Crippen LogP contribution is 2.66. The van der Waals surface area contributed by atoms with Crippen LogP contribution < -0.4 is 33.3 Å². The molecule has 2 aliphatic carbocycles. The highest BCUT2D eigenvalue weighted by atomic mass is 16.5. The molecule has 468 valence electrons. The summed E-state index contributed by atoms with van der Waals surface area (Å²) < 4.78 is 40.8. The van der Waals surface area contributed by atoms with Crippen LogP contribution in [0, 0.1) is 13.8 Å². The van der Waals surface area contributed by atoms with E-state index in [1.54, 1.807) is 7.11 Å². The van der Waals surface area contributed by atoms with Crippen molar-refractivity contribution < 1.29 is 28.4 Å². The first-order valence-corrected chi connectivity index (χ1v) is 34.7. The Balaban J connectivity index is 1.05. The molecule has 8 aromatic carbocycles. The summed E-state index contributed by atoms with van der Waals surface area (Å²) in [4.78, 5) is 2.35. The maximum absolute atomic E-state index is 7.08. The summed E-state index contributed by atoms with van der Waals surface area (Å²) >= 11 is 0. The van der Waals surface area contributed by atoms with Crippen molar-refractivity contribution in [2.75, 3.05) is 38.4 Å². The van der Waals surface area contributed by atoms with Crippen molar-refractivity contribution in [1.82, 2.24) is 0 Å². The number of methoxy groups -OCH3 is 1. The van der Waals surface area contributed by atoms with Gasteiger partial charge in [0.2, 0.25) is 0 Å². The van der Waals surface area contributed by atoms with Gasteiger partial charge in [0.25, 0.3) is 0 Å². The largest absolute Gasteiger partial charge is 0.497 e. The molecular weight excluding hydrogens is 1090 g/mol. The summed E-state index contributed by atoms with van der Waals surface area (Å²) in [5.41, 5.74) is 16.6. The predicted octanol–water partition coefficient (Wildman–Crippen LogP) is 24.0. The molecule has 7 nitrogen and oxygen atoms in total. The molecule has 0 fully saturated rings. The average Bonchev–Trinajstić information content (AvgIpc) is 1.52. The molecule has 0 radical (unpaired) electrons. The SMILES string of the molecule is CCCCCCCCOc1cc2c(cc1OCCCCCCCC)C1(c3cc(C)ccc3-c3ccc(-c4ccc5c(c4)Oc4cc(C)ccc4N5c4ccc5cc(OC)ccc5c4)cc31)c1cc(OCCCCCCCC)c(OCCCCCCCC)cc1-2. The van der Waals surface area contributed by atoms with Crippen LogP contribution in [0.4, 0.5) is 17.1 Å². The lowest BCUT2D eigenvalue weighted by molar-refractivity contribution is 0.258. The first kappa shape index (κ1) is 63.2. The summed E-state index contributed by atoms with van der Waals surface area (Å²) in [7, 11) is 1.72. The summed E-state index contributed by atoms with van der Waals surface area (Å²) in [6.07, 6.45) is 28.7. The van der Waals surface area contributed by atoms with Crippen LogP contribution in [-0.4, -0.2) is 33.5 Å². The first-order chi connectivity index (χ1) is 43.8. The Labute approximate surface area is 533 Å². The highest BCUT2D eigenvalue weighted by molar-refractivity contribution is 5.98. The molecule has 0 saturated heterocycles. The Morgan fingerprint density at radius 2 is 0.753 bits per heavy atom. The minimum absolute atomic E-state index is 0.638. The number of unbranched alkanes of at least 4 members (excludes halogenated alkanes) is 20. The van der Waals surface area contributed by atoms with Gasteiger partial charge in [-0.05, 0) is 190 Å². The van der Waals surface area contributed by atoms with Crippen molar-refractivity contribution >= 4 is 27.8 Å². The Morgan fingerprint density at radius 3 is 1.29 bits per heavy atom. The number of benzene rings is 8. The molecule has 1 spiro atoms. The van der Waals surface area contributed by atoms with Crippen molar-refractivity contribution in [2.45, 2.75) is 201 Å². The Kier molecular flexibility index (Phi) is 21.6. The molecule has 7 heteroatoms. The Morgan fingerprint density at radius 1 is 0.348 bits per heavy atom. The fraction of sp³-hybridized carbons (Fsp3) is 0.439.